The van der Waals surface area contributed by atoms with Gasteiger partial charge in [-0.2, -0.15) is 0 Å². The summed E-state index contributed by atoms with van der Waals surface area (Å²) in [6.45, 7) is 1.84. The average molecular weight is 351 g/mol. The Kier molecular flexibility index (Phi) is 5.07. The summed E-state index contributed by atoms with van der Waals surface area (Å²) in [5, 5.41) is 4.34. The Balaban J connectivity index is 1.58. The highest BCUT2D eigenvalue weighted by Gasteiger charge is 2.26. The van der Waals surface area contributed by atoms with E-state index in [1.54, 1.807) is 12.1 Å². The largest absolute Gasteiger partial charge is 0.356 e. The number of hydrogen-bond donors (Lipinski definition) is 0. The van der Waals surface area contributed by atoms with Gasteiger partial charge in [0.1, 0.15) is 11.5 Å². The molecular formula is C21H22FN3O. The van der Waals surface area contributed by atoms with Crippen LogP contribution in [0.1, 0.15) is 43.1 Å². The lowest BCUT2D eigenvalue weighted by atomic mass is 10.0. The molecule has 2 aromatic heterocycles. The van der Waals surface area contributed by atoms with Gasteiger partial charge in [-0.25, -0.2) is 4.39 Å². The average Bonchev–Trinajstić information content (AvgIpc) is 3.04. The molecule has 1 fully saturated rings. The number of pyridine rings is 1. The van der Waals surface area contributed by atoms with E-state index in [0.717, 1.165) is 36.5 Å². The second-order valence-corrected chi connectivity index (χ2v) is 6.78. The third-order valence-electron chi connectivity index (χ3n) is 4.95. The molecule has 1 atom stereocenters. The Bertz CT molecular complexity index is 832. The summed E-state index contributed by atoms with van der Waals surface area (Å²) >= 11 is 0. The van der Waals surface area contributed by atoms with Gasteiger partial charge in [0.25, 0.3) is 0 Å². The first kappa shape index (κ1) is 16.9. The fraction of sp³-hybridized carbons (Fsp3) is 0.333. The second kappa shape index (κ2) is 7.79. The van der Waals surface area contributed by atoms with E-state index in [1.165, 1.54) is 31.4 Å². The van der Waals surface area contributed by atoms with Crippen LogP contribution in [0.2, 0.25) is 0 Å². The number of aromatic nitrogens is 2. The highest BCUT2D eigenvalue weighted by molar-refractivity contribution is 5.57. The predicted octanol–water partition coefficient (Wildman–Crippen LogP) is 4.99. The maximum absolute atomic E-state index is 13.1. The van der Waals surface area contributed by atoms with Gasteiger partial charge >= 0.3 is 0 Å². The molecule has 3 aromatic rings. The van der Waals surface area contributed by atoms with E-state index in [4.69, 9.17) is 4.52 Å². The minimum absolute atomic E-state index is 0.220. The molecule has 1 aliphatic rings. The van der Waals surface area contributed by atoms with Crippen molar-refractivity contribution in [3.05, 3.63) is 71.9 Å². The number of halogens is 1. The molecule has 1 aromatic carbocycles. The summed E-state index contributed by atoms with van der Waals surface area (Å²) in [5.41, 5.74) is 2.86. The lowest BCUT2D eigenvalue weighted by Gasteiger charge is -2.27. The minimum atomic E-state index is -0.251. The molecule has 4 rings (SSSR count). The van der Waals surface area contributed by atoms with Crippen LogP contribution in [0.4, 0.5) is 4.39 Å². The van der Waals surface area contributed by atoms with Crippen LogP contribution >= 0.6 is 0 Å². The number of likely N-dealkylation sites (tertiary alicyclic amines) is 1. The van der Waals surface area contributed by atoms with Crippen molar-refractivity contribution in [3.8, 4) is 11.3 Å². The van der Waals surface area contributed by atoms with Gasteiger partial charge in [-0.15, -0.1) is 0 Å². The van der Waals surface area contributed by atoms with E-state index >= 15 is 0 Å². The van der Waals surface area contributed by atoms with E-state index in [0.29, 0.717) is 5.76 Å². The van der Waals surface area contributed by atoms with E-state index in [-0.39, 0.29) is 11.9 Å². The molecule has 0 spiro atoms. The quantitative estimate of drug-likeness (QED) is 0.664. The maximum Gasteiger partial charge on any atom is 0.167 e. The Labute approximate surface area is 152 Å². The van der Waals surface area contributed by atoms with Crippen LogP contribution in [0.15, 0.2) is 59.3 Å². The molecule has 1 aliphatic heterocycles. The van der Waals surface area contributed by atoms with Gasteiger partial charge < -0.3 is 4.52 Å². The zero-order valence-electron chi connectivity index (χ0n) is 14.6. The fourth-order valence-corrected chi connectivity index (χ4v) is 3.59. The lowest BCUT2D eigenvalue weighted by Crippen LogP contribution is -2.28. The molecular weight excluding hydrogens is 329 g/mol. The molecule has 4 nitrogen and oxygen atoms in total. The first-order valence-electron chi connectivity index (χ1n) is 9.16. The van der Waals surface area contributed by atoms with Crippen molar-refractivity contribution in [2.75, 3.05) is 6.54 Å². The van der Waals surface area contributed by atoms with Crippen molar-refractivity contribution in [1.29, 1.82) is 0 Å². The van der Waals surface area contributed by atoms with Gasteiger partial charge in [0.05, 0.1) is 11.7 Å². The first-order chi connectivity index (χ1) is 12.8. The van der Waals surface area contributed by atoms with Crippen molar-refractivity contribution in [2.45, 2.75) is 38.3 Å². The van der Waals surface area contributed by atoms with Gasteiger partial charge in [0, 0.05) is 24.4 Å². The van der Waals surface area contributed by atoms with Crippen LogP contribution in [0.3, 0.4) is 0 Å². The number of benzene rings is 1. The summed E-state index contributed by atoms with van der Waals surface area (Å²) < 4.78 is 18.7. The smallest absolute Gasteiger partial charge is 0.167 e. The molecule has 26 heavy (non-hydrogen) atoms. The van der Waals surface area contributed by atoms with Gasteiger partial charge in [0.2, 0.25) is 0 Å². The predicted molar refractivity (Wildman–Crippen MR) is 97.8 cm³/mol. The number of nitrogens with zero attached hydrogens (tertiary/aromatic N) is 3. The van der Waals surface area contributed by atoms with E-state index < -0.39 is 0 Å². The molecule has 3 heterocycles. The van der Waals surface area contributed by atoms with Crippen LogP contribution in [0.5, 0.6) is 0 Å². The molecule has 134 valence electrons. The van der Waals surface area contributed by atoms with E-state index in [1.807, 2.05) is 24.4 Å². The number of hydrogen-bond acceptors (Lipinski definition) is 4. The van der Waals surface area contributed by atoms with Crippen LogP contribution < -0.4 is 0 Å². The molecule has 0 radical (unpaired) electrons. The van der Waals surface area contributed by atoms with Crippen LogP contribution in [0, 0.1) is 5.82 Å². The van der Waals surface area contributed by atoms with E-state index in [9.17, 15) is 4.39 Å². The topological polar surface area (TPSA) is 42.2 Å². The summed E-state index contributed by atoms with van der Waals surface area (Å²) in [6.07, 6.45) is 6.50. The molecule has 1 unspecified atom stereocenters. The third kappa shape index (κ3) is 3.83. The highest BCUT2D eigenvalue weighted by atomic mass is 19.1. The van der Waals surface area contributed by atoms with Gasteiger partial charge in [0.15, 0.2) is 5.76 Å². The molecule has 0 aliphatic carbocycles. The standard InChI is InChI=1S/C21H22FN3O/c22-17-10-8-16(9-11-17)21-14-19(24-26-21)20-7-2-1-5-13-25(20)15-18-6-3-4-12-23-18/h3-4,6,8-12,14,20H,1-2,5,7,13,15H2. The summed E-state index contributed by atoms with van der Waals surface area (Å²) in [6, 6.07) is 14.6. The van der Waals surface area contributed by atoms with Crippen molar-refractivity contribution in [1.82, 2.24) is 15.0 Å². The van der Waals surface area contributed by atoms with Crippen molar-refractivity contribution >= 4 is 0 Å². The number of rotatable bonds is 4. The molecule has 5 heteroatoms. The summed E-state index contributed by atoms with van der Waals surface area (Å²) in [5.74, 6) is 0.431. The van der Waals surface area contributed by atoms with Crippen LogP contribution in [-0.2, 0) is 6.54 Å². The van der Waals surface area contributed by atoms with Crippen molar-refractivity contribution < 1.29 is 8.91 Å². The molecule has 1 saturated heterocycles. The Hall–Kier alpha value is -2.53. The monoisotopic (exact) mass is 351 g/mol. The summed E-state index contributed by atoms with van der Waals surface area (Å²) in [7, 11) is 0. The molecule has 0 amide bonds. The molecule has 0 bridgehead atoms. The Morgan fingerprint density at radius 3 is 2.77 bits per heavy atom. The van der Waals surface area contributed by atoms with Crippen molar-refractivity contribution in [2.24, 2.45) is 0 Å². The van der Waals surface area contributed by atoms with Gasteiger partial charge in [-0.05, 0) is 55.8 Å². The van der Waals surface area contributed by atoms with Crippen LogP contribution in [0.25, 0.3) is 11.3 Å². The molecule has 0 N–H and O–H groups in total. The van der Waals surface area contributed by atoms with Gasteiger partial charge in [-0.1, -0.05) is 24.1 Å². The fourth-order valence-electron chi connectivity index (χ4n) is 3.59. The zero-order chi connectivity index (χ0) is 17.8. The zero-order valence-corrected chi connectivity index (χ0v) is 14.6. The summed E-state index contributed by atoms with van der Waals surface area (Å²) in [4.78, 5) is 6.92. The lowest BCUT2D eigenvalue weighted by molar-refractivity contribution is 0.182. The molecule has 0 saturated carbocycles. The van der Waals surface area contributed by atoms with Crippen LogP contribution in [-0.4, -0.2) is 21.6 Å². The SMILES string of the molecule is Fc1ccc(-c2cc(C3CCCCCN3Cc3ccccn3)no2)cc1. The Morgan fingerprint density at radius 2 is 1.96 bits per heavy atom. The highest BCUT2D eigenvalue weighted by Crippen LogP contribution is 2.33. The van der Waals surface area contributed by atoms with Crippen molar-refractivity contribution in [3.63, 3.8) is 0 Å². The Morgan fingerprint density at radius 1 is 1.08 bits per heavy atom. The first-order valence-corrected chi connectivity index (χ1v) is 9.16. The second-order valence-electron chi connectivity index (χ2n) is 6.78. The van der Waals surface area contributed by atoms with E-state index in [2.05, 4.69) is 21.1 Å². The maximum atomic E-state index is 13.1. The van der Waals surface area contributed by atoms with Gasteiger partial charge in [-0.3, -0.25) is 9.88 Å². The third-order valence-corrected chi connectivity index (χ3v) is 4.95. The normalized spacial score (nSPS) is 18.6. The minimum Gasteiger partial charge on any atom is -0.356 e.